The highest BCUT2D eigenvalue weighted by molar-refractivity contribution is 5.51. The molecular weight excluding hydrogens is 280 g/mol. The Morgan fingerprint density at radius 1 is 1.14 bits per heavy atom. The highest BCUT2D eigenvalue weighted by Gasteiger charge is 2.08. The summed E-state index contributed by atoms with van der Waals surface area (Å²) in [5, 5.41) is 18.0. The first-order chi connectivity index (χ1) is 10.7. The van der Waals surface area contributed by atoms with E-state index >= 15 is 0 Å². The van der Waals surface area contributed by atoms with Crippen molar-refractivity contribution in [2.75, 3.05) is 10.6 Å². The van der Waals surface area contributed by atoms with Crippen molar-refractivity contribution in [1.82, 2.24) is 20.3 Å². The number of nitrogens with zero attached hydrogens (tertiary/aromatic N) is 4. The van der Waals surface area contributed by atoms with E-state index in [1.54, 1.807) is 6.07 Å². The molecule has 2 heterocycles. The maximum absolute atomic E-state index is 5.00. The lowest BCUT2D eigenvalue weighted by Crippen LogP contribution is -2.10. The Labute approximate surface area is 127 Å². The van der Waals surface area contributed by atoms with Crippen LogP contribution >= 0.6 is 0 Å². The summed E-state index contributed by atoms with van der Waals surface area (Å²) >= 11 is 0. The normalized spacial score (nSPS) is 11.9. The zero-order chi connectivity index (χ0) is 15.4. The number of anilines is 3. The van der Waals surface area contributed by atoms with Gasteiger partial charge in [-0.2, -0.15) is 10.1 Å². The van der Waals surface area contributed by atoms with Crippen molar-refractivity contribution in [1.29, 1.82) is 0 Å². The van der Waals surface area contributed by atoms with Crippen molar-refractivity contribution in [2.24, 2.45) is 0 Å². The van der Waals surface area contributed by atoms with E-state index < -0.39 is 0 Å². The third kappa shape index (κ3) is 3.38. The summed E-state index contributed by atoms with van der Waals surface area (Å²) in [4.78, 5) is 4.37. The Bertz CT molecular complexity index is 743. The summed E-state index contributed by atoms with van der Waals surface area (Å²) in [5.74, 6) is 2.30. The minimum atomic E-state index is 0.0764. The number of aromatic nitrogens is 4. The molecule has 3 aromatic rings. The molecule has 0 spiro atoms. The SMILES string of the molecule is Cc1cc(Nc2cnnc(NC(C)c3ccccc3)n2)no1. The Kier molecular flexibility index (Phi) is 3.95. The molecule has 7 nitrogen and oxygen atoms in total. The first-order valence-electron chi connectivity index (χ1n) is 6.92. The lowest BCUT2D eigenvalue weighted by Gasteiger charge is -2.13. The fourth-order valence-electron chi connectivity index (χ4n) is 2.00. The molecule has 1 unspecified atom stereocenters. The maximum atomic E-state index is 5.00. The van der Waals surface area contributed by atoms with Crippen molar-refractivity contribution >= 4 is 17.6 Å². The van der Waals surface area contributed by atoms with E-state index in [4.69, 9.17) is 4.52 Å². The Balaban J connectivity index is 1.71. The molecule has 0 radical (unpaired) electrons. The Hall–Kier alpha value is -2.96. The van der Waals surface area contributed by atoms with Crippen LogP contribution in [0.2, 0.25) is 0 Å². The summed E-state index contributed by atoms with van der Waals surface area (Å²) < 4.78 is 5.00. The van der Waals surface area contributed by atoms with Crippen molar-refractivity contribution in [2.45, 2.75) is 19.9 Å². The monoisotopic (exact) mass is 296 g/mol. The molecule has 1 atom stereocenters. The summed E-state index contributed by atoms with van der Waals surface area (Å²) in [6.45, 7) is 3.87. The fourth-order valence-corrected chi connectivity index (χ4v) is 2.00. The van der Waals surface area contributed by atoms with Crippen LogP contribution in [-0.2, 0) is 0 Å². The van der Waals surface area contributed by atoms with Crippen LogP contribution in [0.25, 0.3) is 0 Å². The van der Waals surface area contributed by atoms with Gasteiger partial charge in [0.15, 0.2) is 11.6 Å². The van der Waals surface area contributed by atoms with Gasteiger partial charge in [-0.1, -0.05) is 35.5 Å². The van der Waals surface area contributed by atoms with E-state index in [0.29, 0.717) is 17.6 Å². The van der Waals surface area contributed by atoms with Crippen LogP contribution in [0.1, 0.15) is 24.3 Å². The Morgan fingerprint density at radius 3 is 2.68 bits per heavy atom. The van der Waals surface area contributed by atoms with E-state index in [1.807, 2.05) is 44.2 Å². The van der Waals surface area contributed by atoms with Gasteiger partial charge in [0, 0.05) is 6.07 Å². The predicted molar refractivity (Wildman–Crippen MR) is 82.8 cm³/mol. The second-order valence-electron chi connectivity index (χ2n) is 4.89. The fraction of sp³-hybridized carbons (Fsp3) is 0.200. The van der Waals surface area contributed by atoms with Gasteiger partial charge in [-0.3, -0.25) is 0 Å². The van der Waals surface area contributed by atoms with Gasteiger partial charge in [-0.15, -0.1) is 5.10 Å². The number of hydrogen-bond acceptors (Lipinski definition) is 7. The number of nitrogens with one attached hydrogen (secondary N) is 2. The second kappa shape index (κ2) is 6.21. The van der Waals surface area contributed by atoms with Crippen LogP contribution in [0.15, 0.2) is 47.1 Å². The van der Waals surface area contributed by atoms with Crippen molar-refractivity contribution in [3.63, 3.8) is 0 Å². The average molecular weight is 296 g/mol. The quantitative estimate of drug-likeness (QED) is 0.747. The van der Waals surface area contributed by atoms with Crippen LogP contribution in [0, 0.1) is 6.92 Å². The van der Waals surface area contributed by atoms with E-state index in [-0.39, 0.29) is 6.04 Å². The number of aryl methyl sites for hydroxylation is 1. The molecule has 2 aromatic heterocycles. The molecule has 0 saturated carbocycles. The van der Waals surface area contributed by atoms with Gasteiger partial charge >= 0.3 is 0 Å². The van der Waals surface area contributed by atoms with E-state index in [0.717, 1.165) is 11.3 Å². The third-order valence-electron chi connectivity index (χ3n) is 3.09. The van der Waals surface area contributed by atoms with Gasteiger partial charge in [0.25, 0.3) is 0 Å². The Morgan fingerprint density at radius 2 is 1.95 bits per heavy atom. The lowest BCUT2D eigenvalue weighted by atomic mass is 10.1. The number of rotatable bonds is 5. The molecule has 112 valence electrons. The molecule has 1 aromatic carbocycles. The zero-order valence-corrected chi connectivity index (χ0v) is 12.3. The molecule has 0 aliphatic carbocycles. The first kappa shape index (κ1) is 14.0. The summed E-state index contributed by atoms with van der Waals surface area (Å²) in [7, 11) is 0. The minimum Gasteiger partial charge on any atom is -0.360 e. The zero-order valence-electron chi connectivity index (χ0n) is 12.3. The van der Waals surface area contributed by atoms with Crippen LogP contribution in [-0.4, -0.2) is 20.3 Å². The molecule has 2 N–H and O–H groups in total. The topological polar surface area (TPSA) is 88.8 Å². The summed E-state index contributed by atoms with van der Waals surface area (Å²) in [6, 6.07) is 11.9. The molecule has 0 saturated heterocycles. The van der Waals surface area contributed by atoms with Crippen LogP contribution in [0.5, 0.6) is 0 Å². The van der Waals surface area contributed by atoms with Crippen LogP contribution in [0.4, 0.5) is 17.6 Å². The molecule has 0 aliphatic rings. The van der Waals surface area contributed by atoms with Gasteiger partial charge in [0.2, 0.25) is 5.95 Å². The number of hydrogen-bond donors (Lipinski definition) is 2. The van der Waals surface area contributed by atoms with Crippen molar-refractivity contribution < 1.29 is 4.52 Å². The van der Waals surface area contributed by atoms with E-state index in [9.17, 15) is 0 Å². The molecule has 0 aliphatic heterocycles. The standard InChI is InChI=1S/C15H16N6O/c1-10-8-13(21-22-10)18-14-9-16-20-15(19-14)17-11(2)12-6-4-3-5-7-12/h3-9,11H,1-2H3,(H2,17,18,19,20,21). The molecular formula is C15H16N6O. The highest BCUT2D eigenvalue weighted by atomic mass is 16.5. The van der Waals surface area contributed by atoms with Gasteiger partial charge in [-0.25, -0.2) is 0 Å². The maximum Gasteiger partial charge on any atom is 0.245 e. The molecule has 0 bridgehead atoms. The second-order valence-corrected chi connectivity index (χ2v) is 4.89. The molecule has 0 fully saturated rings. The van der Waals surface area contributed by atoms with Crippen LogP contribution < -0.4 is 10.6 Å². The van der Waals surface area contributed by atoms with Gasteiger partial charge in [0.05, 0.1) is 12.2 Å². The van der Waals surface area contributed by atoms with Gasteiger partial charge in [0.1, 0.15) is 5.76 Å². The first-order valence-corrected chi connectivity index (χ1v) is 6.92. The predicted octanol–water partition coefficient (Wildman–Crippen LogP) is 3.08. The minimum absolute atomic E-state index is 0.0764. The molecule has 7 heteroatoms. The van der Waals surface area contributed by atoms with Gasteiger partial charge in [-0.05, 0) is 19.4 Å². The smallest absolute Gasteiger partial charge is 0.245 e. The lowest BCUT2D eigenvalue weighted by molar-refractivity contribution is 0.400. The average Bonchev–Trinajstić information content (AvgIpc) is 2.93. The largest absolute Gasteiger partial charge is 0.360 e. The van der Waals surface area contributed by atoms with Gasteiger partial charge < -0.3 is 15.2 Å². The van der Waals surface area contributed by atoms with Crippen LogP contribution in [0.3, 0.4) is 0 Å². The number of benzene rings is 1. The summed E-state index contributed by atoms with van der Waals surface area (Å²) in [5.41, 5.74) is 1.15. The molecule has 22 heavy (non-hydrogen) atoms. The molecule has 3 rings (SSSR count). The third-order valence-corrected chi connectivity index (χ3v) is 3.09. The van der Waals surface area contributed by atoms with E-state index in [1.165, 1.54) is 6.20 Å². The van der Waals surface area contributed by atoms with E-state index in [2.05, 4.69) is 31.0 Å². The summed E-state index contributed by atoms with van der Waals surface area (Å²) in [6.07, 6.45) is 1.53. The highest BCUT2D eigenvalue weighted by Crippen LogP contribution is 2.18. The van der Waals surface area contributed by atoms with Crippen molar-refractivity contribution in [3.8, 4) is 0 Å². The van der Waals surface area contributed by atoms with Crippen molar-refractivity contribution in [3.05, 3.63) is 53.9 Å². The molecule has 0 amide bonds.